The molecule has 0 atom stereocenters. The second-order valence-electron chi connectivity index (χ2n) is 8.15. The van der Waals surface area contributed by atoms with Gasteiger partial charge < -0.3 is 15.5 Å². The number of piperazine rings is 1. The summed E-state index contributed by atoms with van der Waals surface area (Å²) >= 11 is 0. The van der Waals surface area contributed by atoms with E-state index in [1.807, 2.05) is 6.07 Å². The number of likely N-dealkylation sites (N-methyl/N-ethyl adjacent to an activating group) is 1. The number of nitrogens with one attached hydrogen (secondary N) is 2. The number of carbonyl (C=O) groups is 2. The van der Waals surface area contributed by atoms with Crippen molar-refractivity contribution in [3.8, 4) is 0 Å². The molecule has 2 aliphatic rings. The van der Waals surface area contributed by atoms with Gasteiger partial charge in [-0.05, 0) is 31.0 Å². The molecular weight excluding hydrogens is 352 g/mol. The zero-order valence-corrected chi connectivity index (χ0v) is 17.1. The van der Waals surface area contributed by atoms with Crippen molar-refractivity contribution in [2.75, 3.05) is 39.8 Å². The lowest BCUT2D eigenvalue weighted by atomic mass is 10.1. The van der Waals surface area contributed by atoms with Gasteiger partial charge >= 0.3 is 0 Å². The third-order valence-corrected chi connectivity index (χ3v) is 5.96. The molecule has 1 saturated carbocycles. The summed E-state index contributed by atoms with van der Waals surface area (Å²) in [5.74, 6) is 0.258. The number of hydrogen-bond donors (Lipinski definition) is 2. The Kier molecular flexibility index (Phi) is 7.86. The number of hydrogen-bond acceptors (Lipinski definition) is 4. The Bertz CT molecular complexity index is 650. The van der Waals surface area contributed by atoms with Crippen molar-refractivity contribution in [1.82, 2.24) is 20.4 Å². The minimum Gasteiger partial charge on any atom is -0.355 e. The predicted octanol–water partition coefficient (Wildman–Crippen LogP) is 1.75. The maximum Gasteiger partial charge on any atom is 0.223 e. The van der Waals surface area contributed by atoms with Crippen molar-refractivity contribution in [3.05, 3.63) is 35.4 Å². The lowest BCUT2D eigenvalue weighted by Gasteiger charge is -2.32. The van der Waals surface area contributed by atoms with Crippen LogP contribution in [-0.2, 0) is 22.7 Å². The molecule has 0 radical (unpaired) electrons. The van der Waals surface area contributed by atoms with Crippen molar-refractivity contribution in [3.63, 3.8) is 0 Å². The third kappa shape index (κ3) is 6.31. The first-order chi connectivity index (χ1) is 13.6. The fourth-order valence-corrected chi connectivity index (χ4v) is 4.04. The normalized spacial score (nSPS) is 18.9. The van der Waals surface area contributed by atoms with Gasteiger partial charge in [-0.15, -0.1) is 0 Å². The summed E-state index contributed by atoms with van der Waals surface area (Å²) in [6, 6.07) is 8.33. The molecule has 1 saturated heterocycles. The van der Waals surface area contributed by atoms with E-state index in [0.29, 0.717) is 19.5 Å². The van der Waals surface area contributed by atoms with Crippen LogP contribution in [0.3, 0.4) is 0 Å². The molecule has 6 heteroatoms. The summed E-state index contributed by atoms with van der Waals surface area (Å²) in [7, 11) is 2.16. The molecule has 0 unspecified atom stereocenters. The van der Waals surface area contributed by atoms with Gasteiger partial charge in [-0.25, -0.2) is 0 Å². The highest BCUT2D eigenvalue weighted by atomic mass is 16.2. The summed E-state index contributed by atoms with van der Waals surface area (Å²) in [6.07, 6.45) is 4.60. The molecule has 0 spiro atoms. The van der Waals surface area contributed by atoms with Gasteiger partial charge in [-0.3, -0.25) is 14.5 Å². The summed E-state index contributed by atoms with van der Waals surface area (Å²) in [5.41, 5.74) is 2.45. The number of nitrogens with zero attached hydrogens (tertiary/aromatic N) is 2. The first-order valence-electron chi connectivity index (χ1n) is 10.6. The van der Waals surface area contributed by atoms with E-state index < -0.39 is 0 Å². The molecule has 154 valence electrons. The van der Waals surface area contributed by atoms with Crippen molar-refractivity contribution in [2.45, 2.75) is 45.2 Å². The lowest BCUT2D eigenvalue weighted by molar-refractivity contribution is -0.125. The summed E-state index contributed by atoms with van der Waals surface area (Å²) in [5, 5.41) is 5.92. The second kappa shape index (κ2) is 10.6. The van der Waals surface area contributed by atoms with Gasteiger partial charge in [0.05, 0.1) is 0 Å². The highest BCUT2D eigenvalue weighted by Gasteiger charge is 2.22. The van der Waals surface area contributed by atoms with Crippen LogP contribution in [0.15, 0.2) is 24.3 Å². The Labute approximate surface area is 168 Å². The van der Waals surface area contributed by atoms with E-state index in [9.17, 15) is 9.59 Å². The van der Waals surface area contributed by atoms with Gasteiger partial charge in [0.25, 0.3) is 0 Å². The van der Waals surface area contributed by atoms with Crippen molar-refractivity contribution in [2.24, 2.45) is 5.92 Å². The van der Waals surface area contributed by atoms with Crippen LogP contribution in [0.5, 0.6) is 0 Å². The summed E-state index contributed by atoms with van der Waals surface area (Å²) < 4.78 is 0. The van der Waals surface area contributed by atoms with Gasteiger partial charge in [0, 0.05) is 58.2 Å². The van der Waals surface area contributed by atoms with Crippen LogP contribution in [0.4, 0.5) is 0 Å². The molecule has 6 nitrogen and oxygen atoms in total. The molecule has 1 aliphatic heterocycles. The van der Waals surface area contributed by atoms with Gasteiger partial charge in [0.1, 0.15) is 0 Å². The van der Waals surface area contributed by atoms with Crippen molar-refractivity contribution < 1.29 is 9.59 Å². The predicted molar refractivity (Wildman–Crippen MR) is 111 cm³/mol. The van der Waals surface area contributed by atoms with Crippen LogP contribution >= 0.6 is 0 Å². The van der Waals surface area contributed by atoms with Gasteiger partial charge in [-0.2, -0.15) is 0 Å². The van der Waals surface area contributed by atoms with E-state index in [1.165, 1.54) is 11.1 Å². The maximum absolute atomic E-state index is 12.2. The van der Waals surface area contributed by atoms with E-state index in [4.69, 9.17) is 0 Å². The molecule has 1 aromatic rings. The minimum atomic E-state index is -0.0128. The first-order valence-corrected chi connectivity index (χ1v) is 10.6. The molecule has 0 aromatic heterocycles. The monoisotopic (exact) mass is 386 g/mol. The SMILES string of the molecule is CN1CCN(Cc2ccccc2CNC(=O)CCNC(=O)C2CCCC2)CC1. The maximum atomic E-state index is 12.2. The second-order valence-corrected chi connectivity index (χ2v) is 8.15. The molecule has 2 fully saturated rings. The van der Waals surface area contributed by atoms with Gasteiger partial charge in [0.2, 0.25) is 11.8 Å². The van der Waals surface area contributed by atoms with Crippen molar-refractivity contribution >= 4 is 11.8 Å². The van der Waals surface area contributed by atoms with E-state index in [2.05, 4.69) is 45.7 Å². The summed E-state index contributed by atoms with van der Waals surface area (Å²) in [4.78, 5) is 29.0. The molecule has 0 bridgehead atoms. The van der Waals surface area contributed by atoms with Crippen LogP contribution in [0.2, 0.25) is 0 Å². The van der Waals surface area contributed by atoms with E-state index in [-0.39, 0.29) is 17.7 Å². The zero-order valence-electron chi connectivity index (χ0n) is 17.1. The molecular formula is C22H34N4O2. The third-order valence-electron chi connectivity index (χ3n) is 5.96. The van der Waals surface area contributed by atoms with Gasteiger partial charge in [-0.1, -0.05) is 37.1 Å². The number of carbonyl (C=O) groups excluding carboxylic acids is 2. The van der Waals surface area contributed by atoms with Crippen LogP contribution in [0.1, 0.15) is 43.2 Å². The molecule has 1 heterocycles. The van der Waals surface area contributed by atoms with E-state index in [0.717, 1.165) is 58.4 Å². The molecule has 3 rings (SSSR count). The van der Waals surface area contributed by atoms with Crippen LogP contribution < -0.4 is 10.6 Å². The fourth-order valence-electron chi connectivity index (χ4n) is 4.04. The molecule has 28 heavy (non-hydrogen) atoms. The van der Waals surface area contributed by atoms with Crippen molar-refractivity contribution in [1.29, 1.82) is 0 Å². The highest BCUT2D eigenvalue weighted by molar-refractivity contribution is 5.80. The van der Waals surface area contributed by atoms with E-state index >= 15 is 0 Å². The van der Waals surface area contributed by atoms with Crippen LogP contribution in [0, 0.1) is 5.92 Å². The Balaban J connectivity index is 1.40. The van der Waals surface area contributed by atoms with Crippen LogP contribution in [0.25, 0.3) is 0 Å². The fraction of sp³-hybridized carbons (Fsp3) is 0.636. The minimum absolute atomic E-state index is 0.0128. The lowest BCUT2D eigenvalue weighted by Crippen LogP contribution is -2.44. The molecule has 1 aromatic carbocycles. The highest BCUT2D eigenvalue weighted by Crippen LogP contribution is 2.24. The van der Waals surface area contributed by atoms with Gasteiger partial charge in [0.15, 0.2) is 0 Å². The largest absolute Gasteiger partial charge is 0.355 e. The smallest absolute Gasteiger partial charge is 0.223 e. The average Bonchev–Trinajstić information content (AvgIpc) is 3.24. The Morgan fingerprint density at radius 3 is 2.39 bits per heavy atom. The van der Waals surface area contributed by atoms with Crippen LogP contribution in [-0.4, -0.2) is 61.4 Å². The number of benzene rings is 1. The van der Waals surface area contributed by atoms with E-state index in [1.54, 1.807) is 0 Å². The average molecular weight is 387 g/mol. The molecule has 2 N–H and O–H groups in total. The Morgan fingerprint density at radius 1 is 1.00 bits per heavy atom. The first kappa shape index (κ1) is 20.8. The quantitative estimate of drug-likeness (QED) is 0.714. The standard InChI is InChI=1S/C22H34N4O2/c1-25-12-14-26(15-13-25)17-20-9-5-4-8-19(20)16-24-21(27)10-11-23-22(28)18-6-2-3-7-18/h4-5,8-9,18H,2-3,6-7,10-17H2,1H3,(H,23,28)(H,24,27). The Hall–Kier alpha value is -1.92. The zero-order chi connectivity index (χ0) is 19.8. The Morgan fingerprint density at radius 2 is 1.68 bits per heavy atom. The molecule has 1 aliphatic carbocycles. The summed E-state index contributed by atoms with van der Waals surface area (Å²) in [6.45, 7) is 6.26. The number of rotatable bonds is 8. The topological polar surface area (TPSA) is 64.7 Å². The molecule has 2 amide bonds. The number of amides is 2.